The van der Waals surface area contributed by atoms with Gasteiger partial charge in [0.25, 0.3) is 0 Å². The number of thioether (sulfide) groups is 1. The van der Waals surface area contributed by atoms with Gasteiger partial charge >= 0.3 is 0 Å². The van der Waals surface area contributed by atoms with E-state index in [0.717, 1.165) is 18.0 Å². The van der Waals surface area contributed by atoms with E-state index in [2.05, 4.69) is 40.5 Å². The van der Waals surface area contributed by atoms with Crippen LogP contribution in [0.1, 0.15) is 12.6 Å². The SMILES string of the molecule is CSCC(C)N(C)Cc1cnc(NN)cn1. The molecule has 5 nitrogen and oxygen atoms in total. The second-order valence-corrected chi connectivity index (χ2v) is 4.67. The van der Waals surface area contributed by atoms with E-state index in [-0.39, 0.29) is 0 Å². The number of nitrogens with one attached hydrogen (secondary N) is 1. The molecule has 1 aromatic heterocycles. The zero-order chi connectivity index (χ0) is 12.0. The number of nitrogens with zero attached hydrogens (tertiary/aromatic N) is 3. The van der Waals surface area contributed by atoms with Gasteiger partial charge in [-0.2, -0.15) is 11.8 Å². The lowest BCUT2D eigenvalue weighted by Crippen LogP contribution is -2.30. The van der Waals surface area contributed by atoms with E-state index < -0.39 is 0 Å². The number of nitrogens with two attached hydrogens (primary N) is 1. The molecule has 0 aliphatic rings. The van der Waals surface area contributed by atoms with Gasteiger partial charge in [0.2, 0.25) is 0 Å². The molecule has 0 amide bonds. The van der Waals surface area contributed by atoms with E-state index >= 15 is 0 Å². The Morgan fingerprint density at radius 2 is 2.25 bits per heavy atom. The number of nitrogen functional groups attached to an aromatic ring is 1. The number of hydrogen-bond acceptors (Lipinski definition) is 6. The van der Waals surface area contributed by atoms with Crippen LogP contribution in [0.4, 0.5) is 5.82 Å². The van der Waals surface area contributed by atoms with E-state index in [1.165, 1.54) is 0 Å². The highest BCUT2D eigenvalue weighted by molar-refractivity contribution is 7.98. The van der Waals surface area contributed by atoms with Gasteiger partial charge in [-0.25, -0.2) is 10.8 Å². The summed E-state index contributed by atoms with van der Waals surface area (Å²) in [5.74, 6) is 6.93. The summed E-state index contributed by atoms with van der Waals surface area (Å²) in [5.41, 5.74) is 3.41. The Morgan fingerprint density at radius 3 is 2.75 bits per heavy atom. The highest BCUT2D eigenvalue weighted by Gasteiger charge is 2.09. The highest BCUT2D eigenvalue weighted by atomic mass is 32.2. The van der Waals surface area contributed by atoms with Crippen LogP contribution < -0.4 is 11.3 Å². The Bertz CT molecular complexity index is 303. The Balaban J connectivity index is 2.52. The zero-order valence-corrected chi connectivity index (χ0v) is 10.8. The van der Waals surface area contributed by atoms with Crippen LogP contribution in [0, 0.1) is 0 Å². The Kier molecular flexibility index (Phi) is 5.51. The number of hydrazine groups is 1. The third kappa shape index (κ3) is 3.96. The van der Waals surface area contributed by atoms with Gasteiger partial charge < -0.3 is 5.43 Å². The first-order chi connectivity index (χ1) is 7.67. The molecule has 0 spiro atoms. The molecule has 3 N–H and O–H groups in total. The van der Waals surface area contributed by atoms with Crippen LogP contribution in [-0.2, 0) is 6.54 Å². The lowest BCUT2D eigenvalue weighted by molar-refractivity contribution is 0.266. The first-order valence-electron chi connectivity index (χ1n) is 5.14. The molecule has 0 aromatic carbocycles. The Hall–Kier alpha value is -0.850. The summed E-state index contributed by atoms with van der Waals surface area (Å²) in [7, 11) is 2.09. The third-order valence-electron chi connectivity index (χ3n) is 2.42. The van der Waals surface area contributed by atoms with Crippen molar-refractivity contribution in [2.45, 2.75) is 19.5 Å². The van der Waals surface area contributed by atoms with Gasteiger partial charge in [-0.05, 0) is 20.2 Å². The monoisotopic (exact) mass is 241 g/mol. The molecule has 1 heterocycles. The summed E-state index contributed by atoms with van der Waals surface area (Å²) in [6.45, 7) is 3.01. The van der Waals surface area contributed by atoms with Gasteiger partial charge in [0.15, 0.2) is 5.82 Å². The minimum atomic E-state index is 0.532. The van der Waals surface area contributed by atoms with Gasteiger partial charge in [0.05, 0.1) is 18.1 Å². The molecule has 1 atom stereocenters. The first-order valence-corrected chi connectivity index (χ1v) is 6.53. The number of rotatable bonds is 6. The van der Waals surface area contributed by atoms with E-state index in [4.69, 9.17) is 5.84 Å². The van der Waals surface area contributed by atoms with Crippen LogP contribution in [0.25, 0.3) is 0 Å². The molecule has 0 aliphatic carbocycles. The standard InChI is InChI=1S/C10H19N5S/c1-8(7-16-3)15(2)6-9-4-13-10(14-11)5-12-9/h4-5,8H,6-7,11H2,1-3H3,(H,13,14). The molecule has 0 fully saturated rings. The summed E-state index contributed by atoms with van der Waals surface area (Å²) >= 11 is 1.85. The average molecular weight is 241 g/mol. The summed E-state index contributed by atoms with van der Waals surface area (Å²) in [6, 6.07) is 0.532. The van der Waals surface area contributed by atoms with Gasteiger partial charge in [-0.15, -0.1) is 0 Å². The quantitative estimate of drug-likeness (QED) is 0.571. The van der Waals surface area contributed by atoms with Gasteiger partial charge in [0, 0.05) is 18.3 Å². The van der Waals surface area contributed by atoms with Crippen molar-refractivity contribution < 1.29 is 0 Å². The van der Waals surface area contributed by atoms with Crippen molar-refractivity contribution in [1.29, 1.82) is 0 Å². The number of anilines is 1. The molecule has 90 valence electrons. The largest absolute Gasteiger partial charge is 0.307 e. The summed E-state index contributed by atoms with van der Waals surface area (Å²) < 4.78 is 0. The topological polar surface area (TPSA) is 67.1 Å². The second-order valence-electron chi connectivity index (χ2n) is 3.76. The first kappa shape index (κ1) is 13.2. The maximum Gasteiger partial charge on any atom is 0.158 e. The van der Waals surface area contributed by atoms with Crippen molar-refractivity contribution in [3.63, 3.8) is 0 Å². The predicted molar refractivity (Wildman–Crippen MR) is 69.2 cm³/mol. The van der Waals surface area contributed by atoms with Crippen molar-refractivity contribution in [2.24, 2.45) is 5.84 Å². The van der Waals surface area contributed by atoms with Gasteiger partial charge in [-0.1, -0.05) is 0 Å². The fourth-order valence-electron chi connectivity index (χ4n) is 1.29. The molecule has 0 saturated heterocycles. The maximum absolute atomic E-state index is 5.22. The number of hydrogen-bond donors (Lipinski definition) is 2. The minimum Gasteiger partial charge on any atom is -0.307 e. The van der Waals surface area contributed by atoms with Crippen molar-refractivity contribution >= 4 is 17.6 Å². The summed E-state index contributed by atoms with van der Waals surface area (Å²) in [6.07, 6.45) is 5.51. The molecule has 0 aliphatic heterocycles. The molecule has 1 aromatic rings. The summed E-state index contributed by atoms with van der Waals surface area (Å²) in [5, 5.41) is 0. The van der Waals surface area contributed by atoms with Crippen LogP contribution in [0.15, 0.2) is 12.4 Å². The van der Waals surface area contributed by atoms with Crippen LogP contribution >= 0.6 is 11.8 Å². The predicted octanol–water partition coefficient (Wildman–Crippen LogP) is 0.946. The lowest BCUT2D eigenvalue weighted by atomic mass is 10.3. The molecule has 0 bridgehead atoms. The van der Waals surface area contributed by atoms with Crippen molar-refractivity contribution in [3.8, 4) is 0 Å². The van der Waals surface area contributed by atoms with E-state index in [9.17, 15) is 0 Å². The van der Waals surface area contributed by atoms with Crippen LogP contribution in [0.2, 0.25) is 0 Å². The molecule has 16 heavy (non-hydrogen) atoms. The van der Waals surface area contributed by atoms with Crippen molar-refractivity contribution in [2.75, 3.05) is 24.5 Å². The fourth-order valence-corrected chi connectivity index (χ4v) is 2.03. The highest BCUT2D eigenvalue weighted by Crippen LogP contribution is 2.08. The van der Waals surface area contributed by atoms with Gasteiger partial charge in [-0.3, -0.25) is 9.88 Å². The van der Waals surface area contributed by atoms with Crippen molar-refractivity contribution in [3.05, 3.63) is 18.1 Å². The second kappa shape index (κ2) is 6.67. The van der Waals surface area contributed by atoms with Crippen LogP contribution in [0.5, 0.6) is 0 Å². The molecule has 1 unspecified atom stereocenters. The zero-order valence-electron chi connectivity index (χ0n) is 9.97. The maximum atomic E-state index is 5.22. The summed E-state index contributed by atoms with van der Waals surface area (Å²) in [4.78, 5) is 10.7. The Morgan fingerprint density at radius 1 is 1.50 bits per heavy atom. The smallest absolute Gasteiger partial charge is 0.158 e. The van der Waals surface area contributed by atoms with Crippen molar-refractivity contribution in [1.82, 2.24) is 14.9 Å². The van der Waals surface area contributed by atoms with Gasteiger partial charge in [0.1, 0.15) is 0 Å². The molecule has 0 radical (unpaired) electrons. The van der Waals surface area contributed by atoms with E-state index in [1.54, 1.807) is 12.4 Å². The molecule has 6 heteroatoms. The molecule has 1 rings (SSSR count). The molecular weight excluding hydrogens is 222 g/mol. The normalized spacial score (nSPS) is 12.8. The van der Waals surface area contributed by atoms with Crippen LogP contribution in [0.3, 0.4) is 0 Å². The number of aromatic nitrogens is 2. The molecule has 0 saturated carbocycles. The Labute approximate surface area is 101 Å². The third-order valence-corrected chi connectivity index (χ3v) is 3.24. The van der Waals surface area contributed by atoms with E-state index in [0.29, 0.717) is 11.9 Å². The average Bonchev–Trinajstić information content (AvgIpc) is 2.30. The minimum absolute atomic E-state index is 0.532. The lowest BCUT2D eigenvalue weighted by Gasteiger charge is -2.23. The van der Waals surface area contributed by atoms with E-state index in [1.807, 2.05) is 11.8 Å². The van der Waals surface area contributed by atoms with Crippen LogP contribution in [-0.4, -0.2) is 40.0 Å². The fraction of sp³-hybridized carbons (Fsp3) is 0.600. The molecular formula is C10H19N5S.